The van der Waals surface area contributed by atoms with E-state index in [0.29, 0.717) is 23.5 Å². The summed E-state index contributed by atoms with van der Waals surface area (Å²) < 4.78 is 11.4. The van der Waals surface area contributed by atoms with Crippen molar-refractivity contribution in [1.82, 2.24) is 0 Å². The van der Waals surface area contributed by atoms with Crippen LogP contribution in [0.2, 0.25) is 0 Å². The Kier molecular flexibility index (Phi) is 4.61. The van der Waals surface area contributed by atoms with Crippen molar-refractivity contribution in [3.63, 3.8) is 0 Å². The summed E-state index contributed by atoms with van der Waals surface area (Å²) in [7, 11) is 3.13. The van der Waals surface area contributed by atoms with Gasteiger partial charge in [-0.25, -0.2) is 0 Å². The van der Waals surface area contributed by atoms with Crippen molar-refractivity contribution in [3.05, 3.63) is 44.6 Å². The average Bonchev–Trinajstić information content (AvgIpc) is 2.83. The molecular weight excluding hydrogens is 328 g/mol. The van der Waals surface area contributed by atoms with Gasteiger partial charge in [0.05, 0.1) is 19.8 Å². The minimum Gasteiger partial charge on any atom is -0.497 e. The van der Waals surface area contributed by atoms with Gasteiger partial charge in [-0.1, -0.05) is 0 Å². The lowest BCUT2D eigenvalue weighted by atomic mass is 10.1. The largest absolute Gasteiger partial charge is 0.497 e. The number of carbonyl (C=O) groups is 1. The summed E-state index contributed by atoms with van der Waals surface area (Å²) in [5.74, 6) is 1.24. The van der Waals surface area contributed by atoms with Crippen LogP contribution in [-0.2, 0) is 6.42 Å². The molecule has 19 heavy (non-hydrogen) atoms. The molecule has 0 amide bonds. The van der Waals surface area contributed by atoms with E-state index in [2.05, 4.69) is 15.9 Å². The van der Waals surface area contributed by atoms with Crippen LogP contribution in [0.1, 0.15) is 15.2 Å². The normalized spacial score (nSPS) is 10.3. The van der Waals surface area contributed by atoms with Crippen LogP contribution in [0.3, 0.4) is 0 Å². The fourth-order valence-electron chi connectivity index (χ4n) is 1.73. The number of hydrogen-bond donors (Lipinski definition) is 0. The Hall–Kier alpha value is -1.33. The molecule has 5 heteroatoms. The lowest BCUT2D eigenvalue weighted by Gasteiger charge is -2.09. The van der Waals surface area contributed by atoms with E-state index in [4.69, 9.17) is 9.47 Å². The molecule has 0 aliphatic heterocycles. The zero-order valence-electron chi connectivity index (χ0n) is 10.6. The first-order chi connectivity index (χ1) is 9.13. The van der Waals surface area contributed by atoms with Gasteiger partial charge in [0.25, 0.3) is 0 Å². The molecule has 2 aromatic rings. The second-order valence-corrected chi connectivity index (χ2v) is 5.81. The third kappa shape index (κ3) is 3.36. The molecule has 1 aromatic carbocycles. The number of thiophene rings is 1. The standard InChI is InChI=1S/C14H13BrO3S/c1-17-10-3-4-14(18-2)12(6-10)13(16)7-11-5-9(15)8-19-11/h3-6,8H,7H2,1-2H3. The van der Waals surface area contributed by atoms with Gasteiger partial charge in [-0.2, -0.15) is 0 Å². The van der Waals surface area contributed by atoms with Crippen molar-refractivity contribution in [3.8, 4) is 11.5 Å². The topological polar surface area (TPSA) is 35.5 Å². The summed E-state index contributed by atoms with van der Waals surface area (Å²) in [5, 5.41) is 1.96. The second kappa shape index (κ2) is 6.21. The van der Waals surface area contributed by atoms with Gasteiger partial charge in [0.2, 0.25) is 0 Å². The number of methoxy groups -OCH3 is 2. The Labute approximate surface area is 124 Å². The van der Waals surface area contributed by atoms with Crippen LogP contribution in [-0.4, -0.2) is 20.0 Å². The molecule has 0 bridgehead atoms. The maximum atomic E-state index is 12.3. The van der Waals surface area contributed by atoms with E-state index in [1.807, 2.05) is 11.4 Å². The number of rotatable bonds is 5. The van der Waals surface area contributed by atoms with Gasteiger partial charge < -0.3 is 9.47 Å². The molecular formula is C14H13BrO3S. The quantitative estimate of drug-likeness (QED) is 0.773. The molecule has 1 aromatic heterocycles. The Bertz CT molecular complexity index is 592. The first-order valence-electron chi connectivity index (χ1n) is 5.62. The van der Waals surface area contributed by atoms with Gasteiger partial charge in [-0.05, 0) is 40.2 Å². The molecule has 2 rings (SSSR count). The van der Waals surface area contributed by atoms with E-state index in [1.54, 1.807) is 43.8 Å². The molecule has 0 aliphatic carbocycles. The van der Waals surface area contributed by atoms with Crippen LogP contribution in [0.5, 0.6) is 11.5 Å². The van der Waals surface area contributed by atoms with Crippen molar-refractivity contribution in [2.24, 2.45) is 0 Å². The van der Waals surface area contributed by atoms with Crippen LogP contribution in [0.4, 0.5) is 0 Å². The van der Waals surface area contributed by atoms with E-state index in [9.17, 15) is 4.79 Å². The molecule has 0 aliphatic rings. The van der Waals surface area contributed by atoms with Crippen molar-refractivity contribution >= 4 is 33.0 Å². The third-order valence-corrected chi connectivity index (χ3v) is 4.36. The van der Waals surface area contributed by atoms with Crippen molar-refractivity contribution in [1.29, 1.82) is 0 Å². The number of hydrogen-bond acceptors (Lipinski definition) is 4. The van der Waals surface area contributed by atoms with Gasteiger partial charge in [0.1, 0.15) is 11.5 Å². The van der Waals surface area contributed by atoms with E-state index in [1.165, 1.54) is 0 Å². The van der Waals surface area contributed by atoms with Crippen LogP contribution in [0, 0.1) is 0 Å². The first-order valence-corrected chi connectivity index (χ1v) is 7.29. The van der Waals surface area contributed by atoms with Crippen LogP contribution in [0.25, 0.3) is 0 Å². The molecule has 3 nitrogen and oxygen atoms in total. The lowest BCUT2D eigenvalue weighted by molar-refractivity contribution is 0.0990. The minimum atomic E-state index is 0.0186. The zero-order valence-corrected chi connectivity index (χ0v) is 13.0. The number of carbonyl (C=O) groups excluding carboxylic acids is 1. The Balaban J connectivity index is 2.26. The molecule has 0 saturated heterocycles. The average molecular weight is 341 g/mol. The number of halogens is 1. The molecule has 0 N–H and O–H groups in total. The minimum absolute atomic E-state index is 0.0186. The Morgan fingerprint density at radius 1 is 1.26 bits per heavy atom. The first kappa shape index (κ1) is 14.1. The fraction of sp³-hybridized carbons (Fsp3) is 0.214. The van der Waals surface area contributed by atoms with E-state index in [0.717, 1.165) is 9.35 Å². The Morgan fingerprint density at radius 3 is 2.63 bits per heavy atom. The van der Waals surface area contributed by atoms with E-state index in [-0.39, 0.29) is 5.78 Å². The molecule has 1 heterocycles. The monoisotopic (exact) mass is 340 g/mol. The highest BCUT2D eigenvalue weighted by atomic mass is 79.9. The van der Waals surface area contributed by atoms with Crippen LogP contribution in [0.15, 0.2) is 34.1 Å². The SMILES string of the molecule is COc1ccc(OC)c(C(=O)Cc2cc(Br)cs2)c1. The smallest absolute Gasteiger partial charge is 0.171 e. The number of ketones is 1. The van der Waals surface area contributed by atoms with Crippen LogP contribution >= 0.6 is 27.3 Å². The maximum Gasteiger partial charge on any atom is 0.171 e. The lowest BCUT2D eigenvalue weighted by Crippen LogP contribution is -2.05. The highest BCUT2D eigenvalue weighted by Crippen LogP contribution is 2.27. The number of benzene rings is 1. The van der Waals surface area contributed by atoms with E-state index >= 15 is 0 Å². The highest BCUT2D eigenvalue weighted by molar-refractivity contribution is 9.10. The zero-order chi connectivity index (χ0) is 13.8. The maximum absolute atomic E-state index is 12.3. The van der Waals surface area contributed by atoms with Crippen LogP contribution < -0.4 is 9.47 Å². The molecule has 0 unspecified atom stereocenters. The number of ether oxygens (including phenoxy) is 2. The summed E-state index contributed by atoms with van der Waals surface area (Å²) in [6.45, 7) is 0. The van der Waals surface area contributed by atoms with Crippen molar-refractivity contribution in [2.45, 2.75) is 6.42 Å². The van der Waals surface area contributed by atoms with Gasteiger partial charge in [-0.15, -0.1) is 11.3 Å². The Morgan fingerprint density at radius 2 is 2.05 bits per heavy atom. The van der Waals surface area contributed by atoms with Gasteiger partial charge in [0.15, 0.2) is 5.78 Å². The number of Topliss-reactive ketones (excluding diaryl/α,β-unsaturated/α-hetero) is 1. The molecule has 0 spiro atoms. The summed E-state index contributed by atoms with van der Waals surface area (Å²) >= 11 is 4.94. The predicted octanol–water partition coefficient (Wildman–Crippen LogP) is 3.95. The summed E-state index contributed by atoms with van der Waals surface area (Å²) in [6, 6.07) is 7.19. The predicted molar refractivity (Wildman–Crippen MR) is 79.6 cm³/mol. The molecule has 0 radical (unpaired) electrons. The van der Waals surface area contributed by atoms with Crippen molar-refractivity contribution in [2.75, 3.05) is 14.2 Å². The van der Waals surface area contributed by atoms with E-state index < -0.39 is 0 Å². The van der Waals surface area contributed by atoms with Gasteiger partial charge in [0, 0.05) is 21.2 Å². The summed E-state index contributed by atoms with van der Waals surface area (Å²) in [6.07, 6.45) is 0.361. The molecule has 0 saturated carbocycles. The third-order valence-electron chi connectivity index (χ3n) is 2.66. The molecule has 0 atom stereocenters. The molecule has 100 valence electrons. The van der Waals surface area contributed by atoms with Gasteiger partial charge in [-0.3, -0.25) is 4.79 Å². The fourth-order valence-corrected chi connectivity index (χ4v) is 3.18. The van der Waals surface area contributed by atoms with Gasteiger partial charge >= 0.3 is 0 Å². The van der Waals surface area contributed by atoms with Crippen molar-refractivity contribution < 1.29 is 14.3 Å². The molecule has 0 fully saturated rings. The summed E-state index contributed by atoms with van der Waals surface area (Å²) in [5.41, 5.74) is 0.548. The summed E-state index contributed by atoms with van der Waals surface area (Å²) in [4.78, 5) is 13.3. The second-order valence-electron chi connectivity index (χ2n) is 3.90. The highest BCUT2D eigenvalue weighted by Gasteiger charge is 2.15.